The normalized spacial score (nSPS) is 17.0. The van der Waals surface area contributed by atoms with E-state index in [9.17, 15) is 14.7 Å². The lowest BCUT2D eigenvalue weighted by molar-refractivity contribution is 0.0694. The Morgan fingerprint density at radius 1 is 1.21 bits per heavy atom. The summed E-state index contributed by atoms with van der Waals surface area (Å²) in [6.45, 7) is 4.49. The van der Waals surface area contributed by atoms with Crippen molar-refractivity contribution in [2.24, 2.45) is 23.4 Å². The van der Waals surface area contributed by atoms with E-state index in [1.807, 2.05) is 13.8 Å². The first-order valence-corrected chi connectivity index (χ1v) is 12.4. The van der Waals surface area contributed by atoms with E-state index in [1.165, 1.54) is 22.2 Å². The highest BCUT2D eigenvalue weighted by molar-refractivity contribution is 5.96. The van der Waals surface area contributed by atoms with Gasteiger partial charge in [-0.25, -0.2) is 19.7 Å². The molecular formula is C28H33FN6O3. The number of carboxylic acids is 1. The molecule has 1 aliphatic carbocycles. The van der Waals surface area contributed by atoms with Crippen molar-refractivity contribution < 1.29 is 19.1 Å². The molecule has 10 heteroatoms. The van der Waals surface area contributed by atoms with Crippen LogP contribution in [-0.4, -0.2) is 57.3 Å². The van der Waals surface area contributed by atoms with Crippen LogP contribution in [0, 0.1) is 17.7 Å². The average molecular weight is 521 g/mol. The van der Waals surface area contributed by atoms with Gasteiger partial charge in [-0.1, -0.05) is 38.1 Å². The van der Waals surface area contributed by atoms with Crippen molar-refractivity contribution in [1.82, 2.24) is 19.7 Å². The van der Waals surface area contributed by atoms with Gasteiger partial charge in [0.15, 0.2) is 0 Å². The Bertz CT molecular complexity index is 1400. The number of hydrazine groups is 1. The predicted molar refractivity (Wildman–Crippen MR) is 143 cm³/mol. The van der Waals surface area contributed by atoms with Crippen molar-refractivity contribution >= 4 is 11.9 Å². The zero-order valence-electron chi connectivity index (χ0n) is 21.9. The van der Waals surface area contributed by atoms with Gasteiger partial charge in [0.1, 0.15) is 11.4 Å². The number of allylic oxidation sites excluding steroid dienone is 1. The Morgan fingerprint density at radius 3 is 2.58 bits per heavy atom. The first kappa shape index (κ1) is 26.9. The summed E-state index contributed by atoms with van der Waals surface area (Å²) in [4.78, 5) is 26.4. The third-order valence-electron chi connectivity index (χ3n) is 6.58. The van der Waals surface area contributed by atoms with Gasteiger partial charge in [0.2, 0.25) is 0 Å². The molecule has 200 valence electrons. The zero-order valence-corrected chi connectivity index (χ0v) is 21.9. The highest BCUT2D eigenvalue weighted by Gasteiger charge is 2.45. The van der Waals surface area contributed by atoms with Crippen LogP contribution in [0.2, 0.25) is 0 Å². The number of rotatable bonds is 9. The molecule has 3 aromatic rings. The highest BCUT2D eigenvalue weighted by Crippen LogP contribution is 2.51. The lowest BCUT2D eigenvalue weighted by Gasteiger charge is -2.20. The largest absolute Gasteiger partial charge is 0.478 e. The second-order valence-corrected chi connectivity index (χ2v) is 10.2. The molecule has 1 fully saturated rings. The van der Waals surface area contributed by atoms with E-state index in [-0.39, 0.29) is 40.4 Å². The molecular weight excluding hydrogens is 487 g/mol. The molecule has 0 bridgehead atoms. The van der Waals surface area contributed by atoms with Gasteiger partial charge in [0.25, 0.3) is 5.91 Å². The van der Waals surface area contributed by atoms with Gasteiger partial charge < -0.3 is 20.7 Å². The summed E-state index contributed by atoms with van der Waals surface area (Å²) in [6.07, 6.45) is 3.59. The van der Waals surface area contributed by atoms with Crippen LogP contribution >= 0.6 is 0 Å². The standard InChI is InChI=1S/C28H33FN6O3/c1-16(2)14-33(3)27(36)20-10-6-9-19(25(20)29)17-7-5-8-18(11-17)35-26(23(13-32-35)28(37)38)22-12-21(22)24(30)15-34(4)31/h5-11,13,15-16,21-22H,12,14,30-31H2,1-4H3,(H,37,38)/b24-15-/t21?,22-/m1/s1. The molecule has 0 saturated heterocycles. The number of amides is 1. The van der Waals surface area contributed by atoms with Crippen LogP contribution in [0.15, 0.2) is 60.6 Å². The van der Waals surface area contributed by atoms with Crippen molar-refractivity contribution in [1.29, 1.82) is 0 Å². The quantitative estimate of drug-likeness (QED) is 0.289. The fraction of sp³-hybridized carbons (Fsp3) is 0.321. The third kappa shape index (κ3) is 5.40. The topological polar surface area (TPSA) is 131 Å². The number of hydrogen-bond acceptors (Lipinski definition) is 6. The Hall–Kier alpha value is -4.18. The van der Waals surface area contributed by atoms with Crippen molar-refractivity contribution in [3.05, 3.63) is 83.2 Å². The minimum Gasteiger partial charge on any atom is -0.478 e. The molecule has 2 atom stereocenters. The summed E-state index contributed by atoms with van der Waals surface area (Å²) < 4.78 is 17.2. The van der Waals surface area contributed by atoms with Crippen LogP contribution < -0.4 is 11.6 Å². The van der Waals surface area contributed by atoms with Gasteiger partial charge >= 0.3 is 5.97 Å². The van der Waals surface area contributed by atoms with Crippen LogP contribution in [0.5, 0.6) is 0 Å². The van der Waals surface area contributed by atoms with Crippen molar-refractivity contribution in [2.45, 2.75) is 26.2 Å². The second kappa shape index (κ2) is 10.7. The number of carbonyl (C=O) groups excluding carboxylic acids is 1. The van der Waals surface area contributed by atoms with Crippen molar-refractivity contribution in [3.63, 3.8) is 0 Å². The van der Waals surface area contributed by atoms with E-state index in [0.29, 0.717) is 35.6 Å². The molecule has 0 aliphatic heterocycles. The molecule has 9 nitrogen and oxygen atoms in total. The number of carbonyl (C=O) groups is 2. The molecule has 5 N–H and O–H groups in total. The first-order valence-electron chi connectivity index (χ1n) is 12.4. The molecule has 1 amide bonds. The molecule has 0 radical (unpaired) electrons. The zero-order chi connectivity index (χ0) is 27.7. The lowest BCUT2D eigenvalue weighted by Crippen LogP contribution is -2.31. The Labute approximate surface area is 221 Å². The van der Waals surface area contributed by atoms with E-state index >= 15 is 4.39 Å². The van der Waals surface area contributed by atoms with Crippen LogP contribution in [-0.2, 0) is 0 Å². The average Bonchev–Trinajstić information content (AvgIpc) is 3.52. The number of nitrogens with two attached hydrogens (primary N) is 2. The lowest BCUT2D eigenvalue weighted by atomic mass is 10.0. The highest BCUT2D eigenvalue weighted by atomic mass is 19.1. The van der Waals surface area contributed by atoms with Gasteiger partial charge in [0.05, 0.1) is 23.1 Å². The molecule has 1 saturated carbocycles. The first-order chi connectivity index (χ1) is 18.0. The van der Waals surface area contributed by atoms with Crippen LogP contribution in [0.4, 0.5) is 4.39 Å². The maximum atomic E-state index is 15.6. The summed E-state index contributed by atoms with van der Waals surface area (Å²) in [5.41, 5.74) is 8.73. The smallest absolute Gasteiger partial charge is 0.339 e. The number of benzene rings is 2. The summed E-state index contributed by atoms with van der Waals surface area (Å²) >= 11 is 0. The molecule has 1 heterocycles. The molecule has 38 heavy (non-hydrogen) atoms. The van der Waals surface area contributed by atoms with E-state index in [4.69, 9.17) is 11.6 Å². The SMILES string of the molecule is CC(C)CN(C)C(=O)c1cccc(-c2cccc(-n3ncc(C(=O)O)c3[C@@H]3CC3/C(N)=C/N(C)N)c2)c1F. The van der Waals surface area contributed by atoms with Gasteiger partial charge in [-0.05, 0) is 36.1 Å². The van der Waals surface area contributed by atoms with Crippen LogP contribution in [0.1, 0.15) is 52.6 Å². The number of hydrogen-bond donors (Lipinski definition) is 3. The van der Waals surface area contributed by atoms with E-state index in [0.717, 1.165) is 0 Å². The van der Waals surface area contributed by atoms with Crippen LogP contribution in [0.3, 0.4) is 0 Å². The van der Waals surface area contributed by atoms with Gasteiger partial charge in [0, 0.05) is 49.9 Å². The second-order valence-electron chi connectivity index (χ2n) is 10.2. The van der Waals surface area contributed by atoms with Crippen molar-refractivity contribution in [2.75, 3.05) is 20.6 Å². The molecule has 1 unspecified atom stereocenters. The third-order valence-corrected chi connectivity index (χ3v) is 6.58. The molecule has 0 spiro atoms. The van der Waals surface area contributed by atoms with E-state index < -0.39 is 11.8 Å². The minimum atomic E-state index is -1.09. The summed E-state index contributed by atoms with van der Waals surface area (Å²) in [7, 11) is 3.32. The van der Waals surface area contributed by atoms with Gasteiger partial charge in [-0.2, -0.15) is 5.10 Å². The molecule has 1 aliphatic rings. The predicted octanol–water partition coefficient (Wildman–Crippen LogP) is 3.81. The maximum absolute atomic E-state index is 15.6. The summed E-state index contributed by atoms with van der Waals surface area (Å²) in [5, 5.41) is 15.5. The molecule has 2 aromatic carbocycles. The van der Waals surface area contributed by atoms with E-state index in [2.05, 4.69) is 5.10 Å². The maximum Gasteiger partial charge on any atom is 0.339 e. The Balaban J connectivity index is 1.72. The number of halogens is 1. The van der Waals surface area contributed by atoms with Gasteiger partial charge in [-0.15, -0.1) is 0 Å². The van der Waals surface area contributed by atoms with Crippen molar-refractivity contribution in [3.8, 4) is 16.8 Å². The Kier molecular flexibility index (Phi) is 7.54. The number of nitrogens with zero attached hydrogens (tertiary/aromatic N) is 4. The number of carboxylic acid groups (broad SMARTS) is 1. The number of aromatic carboxylic acids is 1. The number of aromatic nitrogens is 2. The summed E-state index contributed by atoms with van der Waals surface area (Å²) in [6, 6.07) is 11.8. The fourth-order valence-electron chi connectivity index (χ4n) is 4.84. The van der Waals surface area contributed by atoms with Gasteiger partial charge in [-0.3, -0.25) is 4.79 Å². The summed E-state index contributed by atoms with van der Waals surface area (Å²) in [5.74, 6) is 3.63. The van der Waals surface area contributed by atoms with E-state index in [1.54, 1.807) is 61.4 Å². The van der Waals surface area contributed by atoms with Crippen LogP contribution in [0.25, 0.3) is 16.8 Å². The monoisotopic (exact) mass is 520 g/mol. The molecule has 1 aromatic heterocycles. The molecule has 4 rings (SSSR count). The Morgan fingerprint density at radius 2 is 1.92 bits per heavy atom. The minimum absolute atomic E-state index is 0.00282. The fourth-order valence-corrected chi connectivity index (χ4v) is 4.84.